The minimum atomic E-state index is -3.80. The number of aryl methyl sites for hydroxylation is 1. The van der Waals surface area contributed by atoms with E-state index >= 15 is 0 Å². The molecule has 0 bridgehead atoms. The molecule has 0 saturated carbocycles. The molecule has 0 amide bonds. The minimum absolute atomic E-state index is 0.0198. The number of nitrogens with one attached hydrogen (secondary N) is 1. The number of hydrogen-bond acceptors (Lipinski definition) is 3. The first kappa shape index (κ1) is 15.5. The molecule has 0 aliphatic carbocycles. The van der Waals surface area contributed by atoms with Crippen molar-refractivity contribution in [2.75, 3.05) is 4.72 Å². The van der Waals surface area contributed by atoms with Crippen LogP contribution in [0.2, 0.25) is 0 Å². The van der Waals surface area contributed by atoms with Crippen LogP contribution in [0.4, 0.5) is 10.1 Å². The zero-order valence-electron chi connectivity index (χ0n) is 11.7. The second kappa shape index (κ2) is 5.83. The Bertz CT molecular complexity index is 757. The van der Waals surface area contributed by atoms with Crippen LogP contribution in [0.3, 0.4) is 0 Å². The van der Waals surface area contributed by atoms with Crippen LogP contribution in [0.1, 0.15) is 24.2 Å². The summed E-state index contributed by atoms with van der Waals surface area (Å²) in [6.07, 6.45) is -0.693. The third kappa shape index (κ3) is 3.59. The molecule has 0 heterocycles. The van der Waals surface area contributed by atoms with E-state index in [1.807, 2.05) is 0 Å². The van der Waals surface area contributed by atoms with E-state index in [9.17, 15) is 17.9 Å². The van der Waals surface area contributed by atoms with E-state index < -0.39 is 21.9 Å². The van der Waals surface area contributed by atoms with Crippen LogP contribution in [-0.2, 0) is 10.0 Å². The molecule has 0 spiro atoms. The molecule has 0 saturated heterocycles. The molecule has 0 aliphatic rings. The number of benzene rings is 2. The second-order valence-electron chi connectivity index (χ2n) is 4.82. The highest BCUT2D eigenvalue weighted by molar-refractivity contribution is 7.92. The summed E-state index contributed by atoms with van der Waals surface area (Å²) in [6.45, 7) is 3.13. The molecule has 1 atom stereocenters. The van der Waals surface area contributed by atoms with Gasteiger partial charge in [-0.3, -0.25) is 4.72 Å². The van der Waals surface area contributed by atoms with Crippen molar-refractivity contribution in [3.63, 3.8) is 0 Å². The number of aliphatic hydroxyl groups excluding tert-OH is 1. The van der Waals surface area contributed by atoms with E-state index in [1.165, 1.54) is 19.1 Å². The molecule has 0 aromatic heterocycles. The van der Waals surface area contributed by atoms with Gasteiger partial charge < -0.3 is 5.11 Å². The summed E-state index contributed by atoms with van der Waals surface area (Å²) in [6, 6.07) is 9.99. The van der Waals surface area contributed by atoms with Crippen LogP contribution >= 0.6 is 0 Å². The topological polar surface area (TPSA) is 66.4 Å². The van der Waals surface area contributed by atoms with E-state index in [2.05, 4.69) is 4.72 Å². The third-order valence-electron chi connectivity index (χ3n) is 3.05. The van der Waals surface area contributed by atoms with Gasteiger partial charge in [0, 0.05) is 5.69 Å². The molecule has 2 rings (SSSR count). The Balaban J connectivity index is 2.35. The van der Waals surface area contributed by atoms with Gasteiger partial charge in [-0.2, -0.15) is 0 Å². The average Bonchev–Trinajstić information content (AvgIpc) is 2.37. The van der Waals surface area contributed by atoms with Crippen LogP contribution in [0.5, 0.6) is 0 Å². The van der Waals surface area contributed by atoms with Crippen LogP contribution in [0.15, 0.2) is 47.4 Å². The molecule has 0 fully saturated rings. The standard InChI is InChI=1S/C15H16FNO3S/c1-10-8-13(16)6-7-15(10)21(19,20)17-14-5-3-4-12(9-14)11(2)18/h3-9,11,17-18H,1-2H3. The Morgan fingerprint density at radius 3 is 2.52 bits per heavy atom. The van der Waals surface area contributed by atoms with Gasteiger partial charge in [0.25, 0.3) is 10.0 Å². The molecule has 112 valence electrons. The first-order valence-electron chi connectivity index (χ1n) is 6.36. The smallest absolute Gasteiger partial charge is 0.262 e. The lowest BCUT2D eigenvalue weighted by molar-refractivity contribution is 0.199. The molecular formula is C15H16FNO3S. The maximum absolute atomic E-state index is 13.1. The number of halogens is 1. The highest BCUT2D eigenvalue weighted by Gasteiger charge is 2.17. The summed E-state index contributed by atoms with van der Waals surface area (Å²) in [5, 5.41) is 9.52. The summed E-state index contributed by atoms with van der Waals surface area (Å²) >= 11 is 0. The van der Waals surface area contributed by atoms with Gasteiger partial charge in [0.15, 0.2) is 0 Å². The first-order valence-corrected chi connectivity index (χ1v) is 7.85. The molecular weight excluding hydrogens is 293 g/mol. The summed E-state index contributed by atoms with van der Waals surface area (Å²) < 4.78 is 40.1. The lowest BCUT2D eigenvalue weighted by atomic mass is 10.1. The Morgan fingerprint density at radius 1 is 1.19 bits per heavy atom. The first-order chi connectivity index (χ1) is 9.79. The number of anilines is 1. The summed E-state index contributed by atoms with van der Waals surface area (Å²) in [5.41, 5.74) is 1.28. The highest BCUT2D eigenvalue weighted by Crippen LogP contribution is 2.22. The predicted octanol–water partition coefficient (Wildman–Crippen LogP) is 2.99. The van der Waals surface area contributed by atoms with Gasteiger partial charge in [0.2, 0.25) is 0 Å². The van der Waals surface area contributed by atoms with Crippen LogP contribution in [0.25, 0.3) is 0 Å². The van der Waals surface area contributed by atoms with Gasteiger partial charge in [0.1, 0.15) is 5.82 Å². The summed E-state index contributed by atoms with van der Waals surface area (Å²) in [4.78, 5) is 0.0198. The van der Waals surface area contributed by atoms with E-state index in [1.54, 1.807) is 31.2 Å². The zero-order chi connectivity index (χ0) is 15.6. The molecule has 0 radical (unpaired) electrons. The number of aliphatic hydroxyl groups is 1. The second-order valence-corrected chi connectivity index (χ2v) is 6.47. The van der Waals surface area contributed by atoms with Crippen molar-refractivity contribution in [3.8, 4) is 0 Å². The fourth-order valence-electron chi connectivity index (χ4n) is 1.99. The molecule has 4 nitrogen and oxygen atoms in total. The summed E-state index contributed by atoms with van der Waals surface area (Å²) in [5.74, 6) is -0.484. The number of hydrogen-bond donors (Lipinski definition) is 2. The Kier molecular flexibility index (Phi) is 4.29. The fourth-order valence-corrected chi connectivity index (χ4v) is 3.26. The normalized spacial score (nSPS) is 13.0. The van der Waals surface area contributed by atoms with E-state index in [0.29, 0.717) is 16.8 Å². The average molecular weight is 309 g/mol. The monoisotopic (exact) mass is 309 g/mol. The van der Waals surface area contributed by atoms with Crippen LogP contribution in [0, 0.1) is 12.7 Å². The molecule has 0 aliphatic heterocycles. The van der Waals surface area contributed by atoms with Gasteiger partial charge in [-0.1, -0.05) is 12.1 Å². The molecule has 2 aromatic rings. The maximum atomic E-state index is 13.1. The lowest BCUT2D eigenvalue weighted by Gasteiger charge is -2.12. The van der Waals surface area contributed by atoms with E-state index in [0.717, 1.165) is 6.07 Å². The number of sulfonamides is 1. The summed E-state index contributed by atoms with van der Waals surface area (Å²) in [7, 11) is -3.80. The van der Waals surface area contributed by atoms with Gasteiger partial charge in [-0.05, 0) is 55.3 Å². The van der Waals surface area contributed by atoms with Crippen molar-refractivity contribution in [3.05, 3.63) is 59.4 Å². The molecule has 2 N–H and O–H groups in total. The largest absolute Gasteiger partial charge is 0.389 e. The molecule has 21 heavy (non-hydrogen) atoms. The highest BCUT2D eigenvalue weighted by atomic mass is 32.2. The van der Waals surface area contributed by atoms with Gasteiger partial charge in [-0.25, -0.2) is 12.8 Å². The van der Waals surface area contributed by atoms with Crippen LogP contribution in [-0.4, -0.2) is 13.5 Å². The quantitative estimate of drug-likeness (QED) is 0.912. The lowest BCUT2D eigenvalue weighted by Crippen LogP contribution is -2.14. The number of rotatable bonds is 4. The Hall–Kier alpha value is -1.92. The fraction of sp³-hybridized carbons (Fsp3) is 0.200. The van der Waals surface area contributed by atoms with E-state index in [-0.39, 0.29) is 4.90 Å². The van der Waals surface area contributed by atoms with Crippen molar-refractivity contribution in [1.82, 2.24) is 0 Å². The molecule has 6 heteroatoms. The Morgan fingerprint density at radius 2 is 1.90 bits per heavy atom. The van der Waals surface area contributed by atoms with Crippen molar-refractivity contribution >= 4 is 15.7 Å². The zero-order valence-corrected chi connectivity index (χ0v) is 12.5. The molecule has 2 aromatic carbocycles. The van der Waals surface area contributed by atoms with Crippen LogP contribution < -0.4 is 4.72 Å². The SMILES string of the molecule is Cc1cc(F)ccc1S(=O)(=O)Nc1cccc(C(C)O)c1. The maximum Gasteiger partial charge on any atom is 0.262 e. The van der Waals surface area contributed by atoms with Crippen molar-refractivity contribution in [2.24, 2.45) is 0 Å². The Labute approximate surface area is 123 Å². The van der Waals surface area contributed by atoms with Crippen molar-refractivity contribution in [1.29, 1.82) is 0 Å². The van der Waals surface area contributed by atoms with Crippen molar-refractivity contribution in [2.45, 2.75) is 24.8 Å². The van der Waals surface area contributed by atoms with Gasteiger partial charge >= 0.3 is 0 Å². The predicted molar refractivity (Wildman–Crippen MR) is 79.0 cm³/mol. The van der Waals surface area contributed by atoms with Crippen molar-refractivity contribution < 1.29 is 17.9 Å². The van der Waals surface area contributed by atoms with Gasteiger partial charge in [0.05, 0.1) is 11.0 Å². The third-order valence-corrected chi connectivity index (χ3v) is 4.59. The van der Waals surface area contributed by atoms with Gasteiger partial charge in [-0.15, -0.1) is 0 Å². The minimum Gasteiger partial charge on any atom is -0.389 e. The molecule has 1 unspecified atom stereocenters. The van der Waals surface area contributed by atoms with E-state index in [4.69, 9.17) is 0 Å².